The lowest BCUT2D eigenvalue weighted by Crippen LogP contribution is -2.52. The molecule has 0 aliphatic carbocycles. The average molecular weight is 342 g/mol. The van der Waals surface area contributed by atoms with E-state index >= 15 is 0 Å². The third-order valence-electron chi connectivity index (χ3n) is 3.95. The summed E-state index contributed by atoms with van der Waals surface area (Å²) in [7, 11) is 0. The fourth-order valence-corrected chi connectivity index (χ4v) is 2.86. The number of nitrogens with one attached hydrogen (secondary N) is 1. The molecule has 1 aromatic carbocycles. The lowest BCUT2D eigenvalue weighted by Gasteiger charge is -2.39. The molecule has 3 atom stereocenters. The molecule has 5 nitrogen and oxygen atoms in total. The Bertz CT molecular complexity index is 546. The fraction of sp³-hybridized carbons (Fsp3) is 0.588. The zero-order chi connectivity index (χ0) is 17.7. The Balaban J connectivity index is 1.88. The van der Waals surface area contributed by atoms with Gasteiger partial charge in [0.2, 0.25) is 0 Å². The van der Waals surface area contributed by atoms with E-state index in [0.717, 1.165) is 13.1 Å². The first-order valence-electron chi connectivity index (χ1n) is 8.07. The number of amides is 1. The molecule has 24 heavy (non-hydrogen) atoms. The van der Waals surface area contributed by atoms with Crippen LogP contribution in [0.25, 0.3) is 0 Å². The summed E-state index contributed by atoms with van der Waals surface area (Å²) < 4.78 is 34.5. The molecule has 1 N–H and O–H groups in total. The average Bonchev–Trinajstić information content (AvgIpc) is 2.51. The molecule has 0 aromatic heterocycles. The minimum Gasteiger partial charge on any atom is -0.435 e. The zero-order valence-electron chi connectivity index (χ0n) is 14.2. The van der Waals surface area contributed by atoms with Crippen LogP contribution in [0.5, 0.6) is 5.75 Å². The van der Waals surface area contributed by atoms with Gasteiger partial charge in [0.1, 0.15) is 5.75 Å². The Morgan fingerprint density at radius 2 is 2.04 bits per heavy atom. The molecule has 1 heterocycles. The second kappa shape index (κ2) is 8.39. The lowest BCUT2D eigenvalue weighted by molar-refractivity contribution is -0.0778. The summed E-state index contributed by atoms with van der Waals surface area (Å²) in [6.07, 6.45) is 0.324. The Hall–Kier alpha value is -1.73. The number of hydrogen-bond acceptors (Lipinski definition) is 4. The van der Waals surface area contributed by atoms with E-state index in [2.05, 4.69) is 15.0 Å². The fourth-order valence-electron chi connectivity index (χ4n) is 2.86. The SMILES string of the molecule is C[C@@H]1CN([C@H](C)CNC(=O)c2cccc(OC(F)F)c2)C[C@H](C)O1. The van der Waals surface area contributed by atoms with Gasteiger partial charge < -0.3 is 14.8 Å². The molecule has 1 saturated heterocycles. The van der Waals surface area contributed by atoms with E-state index in [0.29, 0.717) is 12.1 Å². The number of morpholine rings is 1. The first-order chi connectivity index (χ1) is 11.3. The van der Waals surface area contributed by atoms with Crippen molar-refractivity contribution in [2.45, 2.75) is 45.6 Å². The molecule has 0 bridgehead atoms. The van der Waals surface area contributed by atoms with Gasteiger partial charge in [-0.3, -0.25) is 9.69 Å². The summed E-state index contributed by atoms with van der Waals surface area (Å²) in [5, 5.41) is 2.84. The van der Waals surface area contributed by atoms with Crippen LogP contribution in [0, 0.1) is 0 Å². The third-order valence-corrected chi connectivity index (χ3v) is 3.95. The van der Waals surface area contributed by atoms with Gasteiger partial charge in [0.25, 0.3) is 5.91 Å². The Kier molecular flexibility index (Phi) is 6.51. The van der Waals surface area contributed by atoms with E-state index in [1.54, 1.807) is 6.07 Å². The van der Waals surface area contributed by atoms with Crippen molar-refractivity contribution in [3.8, 4) is 5.75 Å². The molecule has 0 spiro atoms. The van der Waals surface area contributed by atoms with Crippen molar-refractivity contribution in [3.63, 3.8) is 0 Å². The van der Waals surface area contributed by atoms with E-state index in [1.165, 1.54) is 18.2 Å². The number of halogens is 2. The van der Waals surface area contributed by atoms with Crippen molar-refractivity contribution >= 4 is 5.91 Å². The second-order valence-corrected chi connectivity index (χ2v) is 6.18. The second-order valence-electron chi connectivity index (χ2n) is 6.18. The van der Waals surface area contributed by atoms with E-state index in [-0.39, 0.29) is 29.9 Å². The Morgan fingerprint density at radius 3 is 2.67 bits per heavy atom. The molecule has 1 aliphatic heterocycles. The molecule has 0 radical (unpaired) electrons. The van der Waals surface area contributed by atoms with E-state index < -0.39 is 6.61 Å². The van der Waals surface area contributed by atoms with Crippen molar-refractivity contribution in [1.29, 1.82) is 0 Å². The molecule has 134 valence electrons. The normalized spacial score (nSPS) is 23.1. The molecule has 1 amide bonds. The highest BCUT2D eigenvalue weighted by molar-refractivity contribution is 5.94. The number of carbonyl (C=O) groups excluding carboxylic acids is 1. The molecule has 7 heteroatoms. The minimum absolute atomic E-state index is 0.0264. The summed E-state index contributed by atoms with van der Waals surface area (Å²) in [5.41, 5.74) is 0.295. The largest absolute Gasteiger partial charge is 0.435 e. The monoisotopic (exact) mass is 342 g/mol. The maximum Gasteiger partial charge on any atom is 0.387 e. The van der Waals surface area contributed by atoms with Crippen LogP contribution in [0.2, 0.25) is 0 Å². The minimum atomic E-state index is -2.91. The Morgan fingerprint density at radius 1 is 1.38 bits per heavy atom. The zero-order valence-corrected chi connectivity index (χ0v) is 14.2. The van der Waals surface area contributed by atoms with Crippen LogP contribution in [0.3, 0.4) is 0 Å². The number of hydrogen-bond donors (Lipinski definition) is 1. The standard InChI is InChI=1S/C17H24F2N2O3/c1-11(21-9-12(2)23-13(3)10-21)8-20-16(22)14-5-4-6-15(7-14)24-17(18)19/h4-7,11-13,17H,8-10H2,1-3H3,(H,20,22)/t11-,12-,13+/m1/s1. The summed E-state index contributed by atoms with van der Waals surface area (Å²) >= 11 is 0. The van der Waals surface area contributed by atoms with Crippen LogP contribution in [0.1, 0.15) is 31.1 Å². The van der Waals surface area contributed by atoms with Crippen LogP contribution in [0.4, 0.5) is 8.78 Å². The number of benzene rings is 1. The maximum atomic E-state index is 12.2. The van der Waals surface area contributed by atoms with Crippen molar-refractivity contribution in [2.24, 2.45) is 0 Å². The predicted octanol–water partition coefficient (Wildman–Crippen LogP) is 2.52. The molecule has 1 aliphatic rings. The highest BCUT2D eigenvalue weighted by Gasteiger charge is 2.25. The summed E-state index contributed by atoms with van der Waals surface area (Å²) in [6.45, 7) is 5.30. The highest BCUT2D eigenvalue weighted by Crippen LogP contribution is 2.16. The molecule has 0 unspecified atom stereocenters. The molecular weight excluding hydrogens is 318 g/mol. The van der Waals surface area contributed by atoms with E-state index in [9.17, 15) is 13.6 Å². The van der Waals surface area contributed by atoms with Crippen molar-refractivity contribution in [1.82, 2.24) is 10.2 Å². The van der Waals surface area contributed by atoms with E-state index in [4.69, 9.17) is 4.74 Å². The number of nitrogens with zero attached hydrogens (tertiary/aromatic N) is 1. The van der Waals surface area contributed by atoms with Crippen molar-refractivity contribution in [3.05, 3.63) is 29.8 Å². The van der Waals surface area contributed by atoms with Crippen molar-refractivity contribution in [2.75, 3.05) is 19.6 Å². The number of rotatable bonds is 6. The van der Waals surface area contributed by atoms with Gasteiger partial charge in [-0.1, -0.05) is 6.07 Å². The molecular formula is C17H24F2N2O3. The molecule has 1 aromatic rings. The Labute approximate surface area is 140 Å². The molecule has 2 rings (SSSR count). The van der Waals surface area contributed by atoms with Crippen LogP contribution in [-0.2, 0) is 4.74 Å². The quantitative estimate of drug-likeness (QED) is 0.863. The molecule has 0 saturated carbocycles. The van der Waals surface area contributed by atoms with Crippen LogP contribution < -0.4 is 10.1 Å². The van der Waals surface area contributed by atoms with Gasteiger partial charge in [0.05, 0.1) is 12.2 Å². The number of alkyl halides is 2. The lowest BCUT2D eigenvalue weighted by atomic mass is 10.1. The van der Waals surface area contributed by atoms with Crippen molar-refractivity contribution < 1.29 is 23.0 Å². The van der Waals surface area contributed by atoms with Gasteiger partial charge >= 0.3 is 6.61 Å². The topological polar surface area (TPSA) is 50.8 Å². The van der Waals surface area contributed by atoms with Gasteiger partial charge in [-0.05, 0) is 39.0 Å². The first kappa shape index (κ1) is 18.6. The van der Waals surface area contributed by atoms with E-state index in [1.807, 2.05) is 20.8 Å². The summed E-state index contributed by atoms with van der Waals surface area (Å²) in [5.74, 6) is -0.336. The summed E-state index contributed by atoms with van der Waals surface area (Å²) in [6, 6.07) is 5.94. The number of carbonyl (C=O) groups is 1. The van der Waals surface area contributed by atoms with Gasteiger partial charge in [-0.2, -0.15) is 8.78 Å². The number of ether oxygens (including phenoxy) is 2. The first-order valence-corrected chi connectivity index (χ1v) is 8.07. The maximum absolute atomic E-state index is 12.2. The third kappa shape index (κ3) is 5.42. The van der Waals surface area contributed by atoms with Gasteiger partial charge in [0.15, 0.2) is 0 Å². The molecule has 1 fully saturated rings. The van der Waals surface area contributed by atoms with Gasteiger partial charge in [-0.15, -0.1) is 0 Å². The predicted molar refractivity (Wildman–Crippen MR) is 86.5 cm³/mol. The van der Waals surface area contributed by atoms with Crippen LogP contribution in [0.15, 0.2) is 24.3 Å². The van der Waals surface area contributed by atoms with Crippen LogP contribution in [-0.4, -0.2) is 55.3 Å². The van der Waals surface area contributed by atoms with Gasteiger partial charge in [0, 0.05) is 31.2 Å². The van der Waals surface area contributed by atoms with Gasteiger partial charge in [-0.25, -0.2) is 0 Å². The van der Waals surface area contributed by atoms with Crippen LogP contribution >= 0.6 is 0 Å². The smallest absolute Gasteiger partial charge is 0.387 e. The highest BCUT2D eigenvalue weighted by atomic mass is 19.3. The summed E-state index contributed by atoms with van der Waals surface area (Å²) in [4.78, 5) is 14.5.